The van der Waals surface area contributed by atoms with Gasteiger partial charge in [-0.25, -0.2) is 18.1 Å². The second-order valence-corrected chi connectivity index (χ2v) is 9.63. The van der Waals surface area contributed by atoms with Crippen LogP contribution in [0.15, 0.2) is 29.2 Å². The summed E-state index contributed by atoms with van der Waals surface area (Å²) in [4.78, 5) is 22.5. The van der Waals surface area contributed by atoms with Crippen LogP contribution in [0.25, 0.3) is 10.2 Å². The fraction of sp³-hybridized carbons (Fsp3) is 0.316. The Morgan fingerprint density at radius 2 is 2.00 bits per heavy atom. The Morgan fingerprint density at radius 1 is 1.23 bits per heavy atom. The molecule has 31 heavy (non-hydrogen) atoms. The van der Waals surface area contributed by atoms with Crippen LogP contribution in [0.1, 0.15) is 21.1 Å². The smallest absolute Gasteiger partial charge is 0.261 e. The summed E-state index contributed by atoms with van der Waals surface area (Å²) in [7, 11) is -0.681. The van der Waals surface area contributed by atoms with Crippen molar-refractivity contribution >= 4 is 49.1 Å². The van der Waals surface area contributed by atoms with E-state index in [2.05, 4.69) is 20.0 Å². The minimum absolute atomic E-state index is 0.0195. The molecule has 3 rings (SSSR count). The van der Waals surface area contributed by atoms with Crippen LogP contribution in [0.2, 0.25) is 5.02 Å². The summed E-state index contributed by atoms with van der Waals surface area (Å²) in [5.41, 5.74) is 0.692. The van der Waals surface area contributed by atoms with E-state index in [0.29, 0.717) is 37.4 Å². The predicted octanol–water partition coefficient (Wildman–Crippen LogP) is 2.52. The van der Waals surface area contributed by atoms with Gasteiger partial charge < -0.3 is 14.8 Å². The average Bonchev–Trinajstić information content (AvgIpc) is 3.07. The molecule has 0 bridgehead atoms. The summed E-state index contributed by atoms with van der Waals surface area (Å²) in [6, 6.07) is 5.94. The summed E-state index contributed by atoms with van der Waals surface area (Å²) in [6.07, 6.45) is 0. The quantitative estimate of drug-likeness (QED) is 0.448. The molecule has 166 valence electrons. The zero-order valence-electron chi connectivity index (χ0n) is 17.1. The number of sulfonamides is 1. The predicted molar refractivity (Wildman–Crippen MR) is 118 cm³/mol. The van der Waals surface area contributed by atoms with E-state index in [1.807, 2.05) is 0 Å². The molecule has 0 atom stereocenters. The minimum Gasteiger partial charge on any atom is -0.480 e. The van der Waals surface area contributed by atoms with E-state index in [0.717, 1.165) is 0 Å². The summed E-state index contributed by atoms with van der Waals surface area (Å²) < 4.78 is 37.5. The summed E-state index contributed by atoms with van der Waals surface area (Å²) in [5.74, 6) is 0.493. The number of benzene rings is 1. The maximum absolute atomic E-state index is 12.7. The van der Waals surface area contributed by atoms with Crippen molar-refractivity contribution in [3.63, 3.8) is 0 Å². The van der Waals surface area contributed by atoms with Gasteiger partial charge in [0.1, 0.15) is 11.4 Å². The summed E-state index contributed by atoms with van der Waals surface area (Å²) in [6.45, 7) is 2.13. The number of nitrogens with one attached hydrogen (secondary N) is 2. The topological polar surface area (TPSA) is 120 Å². The number of ether oxygens (including phenoxy) is 2. The van der Waals surface area contributed by atoms with Gasteiger partial charge in [0.2, 0.25) is 15.9 Å². The Hall–Kier alpha value is -2.31. The van der Waals surface area contributed by atoms with Crippen LogP contribution in [-0.2, 0) is 21.4 Å². The van der Waals surface area contributed by atoms with Gasteiger partial charge >= 0.3 is 0 Å². The highest BCUT2D eigenvalue weighted by Gasteiger charge is 2.21. The van der Waals surface area contributed by atoms with Crippen LogP contribution in [0, 0.1) is 6.92 Å². The standard InChI is InChI=1S/C19H21ClN4O5S2/c1-11-15-18(29-3)23-14(10-28-2)24-19(15)30-16(11)17(25)21-7-8-22-31(26,27)13-6-4-5-12(20)9-13/h4-6,9,22H,7-8,10H2,1-3H3,(H,21,25). The maximum Gasteiger partial charge on any atom is 0.261 e. The SMILES string of the molecule is COCc1nc(OC)c2c(C)c(C(=O)NCCNS(=O)(=O)c3cccc(Cl)c3)sc2n1. The van der Waals surface area contributed by atoms with Gasteiger partial charge in [-0.1, -0.05) is 17.7 Å². The molecular weight excluding hydrogens is 464 g/mol. The third-order valence-electron chi connectivity index (χ3n) is 4.29. The third kappa shape index (κ3) is 5.31. The van der Waals surface area contributed by atoms with Crippen molar-refractivity contribution in [1.29, 1.82) is 0 Å². The number of hydrogen-bond acceptors (Lipinski definition) is 8. The second-order valence-electron chi connectivity index (χ2n) is 6.43. The second kappa shape index (κ2) is 9.88. The van der Waals surface area contributed by atoms with E-state index < -0.39 is 10.0 Å². The van der Waals surface area contributed by atoms with Crippen molar-refractivity contribution in [2.75, 3.05) is 27.3 Å². The molecule has 12 heteroatoms. The monoisotopic (exact) mass is 484 g/mol. The molecule has 2 N–H and O–H groups in total. The highest BCUT2D eigenvalue weighted by Crippen LogP contribution is 2.35. The van der Waals surface area contributed by atoms with Crippen LogP contribution >= 0.6 is 22.9 Å². The lowest BCUT2D eigenvalue weighted by molar-refractivity contribution is 0.0958. The highest BCUT2D eigenvalue weighted by atomic mass is 35.5. The number of halogens is 1. The molecule has 0 radical (unpaired) electrons. The average molecular weight is 485 g/mol. The zero-order chi connectivity index (χ0) is 22.6. The summed E-state index contributed by atoms with van der Waals surface area (Å²) >= 11 is 7.06. The molecule has 2 heterocycles. The van der Waals surface area contributed by atoms with Gasteiger partial charge in [-0.15, -0.1) is 11.3 Å². The van der Waals surface area contributed by atoms with E-state index in [4.69, 9.17) is 21.1 Å². The molecule has 0 saturated heterocycles. The molecule has 0 aliphatic heterocycles. The summed E-state index contributed by atoms with van der Waals surface area (Å²) in [5, 5.41) is 3.71. The number of aryl methyl sites for hydroxylation is 1. The Labute approximate surface area is 188 Å². The van der Waals surface area contributed by atoms with Gasteiger partial charge in [0, 0.05) is 25.2 Å². The molecule has 0 spiro atoms. The lowest BCUT2D eigenvalue weighted by atomic mass is 10.2. The number of hydrogen-bond donors (Lipinski definition) is 2. The van der Waals surface area contributed by atoms with Crippen LogP contribution in [0.3, 0.4) is 0 Å². The number of nitrogens with zero attached hydrogens (tertiary/aromatic N) is 2. The van der Waals surface area contributed by atoms with Crippen LogP contribution in [0.4, 0.5) is 0 Å². The molecule has 9 nitrogen and oxygen atoms in total. The van der Waals surface area contributed by atoms with Crippen LogP contribution in [-0.4, -0.2) is 51.6 Å². The van der Waals surface area contributed by atoms with E-state index >= 15 is 0 Å². The van der Waals surface area contributed by atoms with E-state index in [1.165, 1.54) is 30.6 Å². The molecule has 1 amide bonds. The van der Waals surface area contributed by atoms with Crippen molar-refractivity contribution in [2.24, 2.45) is 0 Å². The lowest BCUT2D eigenvalue weighted by Crippen LogP contribution is -2.34. The molecule has 3 aromatic rings. The number of carbonyl (C=O) groups is 1. The Bertz CT molecular complexity index is 1210. The molecule has 0 aliphatic rings. The van der Waals surface area contributed by atoms with Crippen molar-refractivity contribution in [1.82, 2.24) is 20.0 Å². The lowest BCUT2D eigenvalue weighted by Gasteiger charge is -2.08. The first kappa shape index (κ1) is 23.4. The van der Waals surface area contributed by atoms with Gasteiger partial charge in [-0.05, 0) is 30.7 Å². The molecule has 2 aromatic heterocycles. The van der Waals surface area contributed by atoms with Crippen LogP contribution < -0.4 is 14.8 Å². The molecule has 0 aliphatic carbocycles. The van der Waals surface area contributed by atoms with Crippen molar-refractivity contribution in [3.05, 3.63) is 45.6 Å². The van der Waals surface area contributed by atoms with Gasteiger partial charge in [-0.3, -0.25) is 4.79 Å². The number of fused-ring (bicyclic) bond motifs is 1. The Morgan fingerprint density at radius 3 is 2.68 bits per heavy atom. The number of methoxy groups -OCH3 is 2. The van der Waals surface area contributed by atoms with Gasteiger partial charge in [-0.2, -0.15) is 4.98 Å². The van der Waals surface area contributed by atoms with E-state index in [1.54, 1.807) is 26.2 Å². The maximum atomic E-state index is 12.7. The third-order valence-corrected chi connectivity index (χ3v) is 7.16. The molecular formula is C19H21ClN4O5S2. The van der Waals surface area contributed by atoms with Gasteiger partial charge in [0.15, 0.2) is 5.82 Å². The zero-order valence-corrected chi connectivity index (χ0v) is 19.4. The number of thiophene rings is 1. The van der Waals surface area contributed by atoms with Crippen LogP contribution in [0.5, 0.6) is 5.88 Å². The Kier molecular flexibility index (Phi) is 7.44. The fourth-order valence-corrected chi connectivity index (χ4v) is 5.30. The molecule has 0 fully saturated rings. The van der Waals surface area contributed by atoms with E-state index in [9.17, 15) is 13.2 Å². The molecule has 0 saturated carbocycles. The minimum atomic E-state index is -3.72. The normalized spacial score (nSPS) is 11.6. The van der Waals surface area contributed by atoms with E-state index in [-0.39, 0.29) is 30.5 Å². The number of aromatic nitrogens is 2. The largest absolute Gasteiger partial charge is 0.480 e. The van der Waals surface area contributed by atoms with Gasteiger partial charge in [0.05, 0.1) is 22.3 Å². The highest BCUT2D eigenvalue weighted by molar-refractivity contribution is 7.89. The van der Waals surface area contributed by atoms with Crippen molar-refractivity contribution < 1.29 is 22.7 Å². The number of amides is 1. The number of rotatable bonds is 9. The number of carbonyl (C=O) groups excluding carboxylic acids is 1. The van der Waals surface area contributed by atoms with Gasteiger partial charge in [0.25, 0.3) is 5.91 Å². The first-order valence-corrected chi connectivity index (χ1v) is 11.8. The first-order valence-electron chi connectivity index (χ1n) is 9.13. The molecule has 0 unspecified atom stereocenters. The van der Waals surface area contributed by atoms with Crippen molar-refractivity contribution in [3.8, 4) is 5.88 Å². The fourth-order valence-electron chi connectivity index (χ4n) is 2.86. The first-order chi connectivity index (χ1) is 14.8. The van der Waals surface area contributed by atoms with Crippen molar-refractivity contribution in [2.45, 2.75) is 18.4 Å². The Balaban J connectivity index is 1.68. The molecule has 1 aromatic carbocycles.